The Balaban J connectivity index is 1.54. The van der Waals surface area contributed by atoms with Gasteiger partial charge >= 0.3 is 0 Å². The van der Waals surface area contributed by atoms with Crippen LogP contribution in [0.25, 0.3) is 16.9 Å². The fourth-order valence-corrected chi connectivity index (χ4v) is 3.44. The molecule has 0 unspecified atom stereocenters. The van der Waals surface area contributed by atoms with Crippen LogP contribution in [0, 0.1) is 0 Å². The first-order valence-corrected chi connectivity index (χ1v) is 8.91. The molecule has 0 spiro atoms. The van der Waals surface area contributed by atoms with E-state index < -0.39 is 0 Å². The smallest absolute Gasteiger partial charge is 0.233 e. The third-order valence-corrected chi connectivity index (χ3v) is 4.86. The minimum atomic E-state index is 0.0792. The number of aromatic nitrogens is 5. The summed E-state index contributed by atoms with van der Waals surface area (Å²) in [4.78, 5) is 22.7. The minimum Gasteiger partial charge on any atom is -0.378 e. The number of amides is 1. The molecule has 4 rings (SSSR count). The van der Waals surface area contributed by atoms with Crippen molar-refractivity contribution in [1.82, 2.24) is 29.9 Å². The van der Waals surface area contributed by atoms with Crippen LogP contribution in [0.2, 0.25) is 0 Å². The van der Waals surface area contributed by atoms with Crippen LogP contribution in [0.1, 0.15) is 0 Å². The van der Waals surface area contributed by atoms with Gasteiger partial charge in [0.25, 0.3) is 0 Å². The lowest BCUT2D eigenvalue weighted by Gasteiger charge is -2.26. The summed E-state index contributed by atoms with van der Waals surface area (Å²) in [5.74, 6) is 0.389. The fourth-order valence-electron chi connectivity index (χ4n) is 2.61. The summed E-state index contributed by atoms with van der Waals surface area (Å²) in [6.45, 7) is 2.48. The summed E-state index contributed by atoms with van der Waals surface area (Å²) in [6.07, 6.45) is 1.48. The van der Waals surface area contributed by atoms with Crippen molar-refractivity contribution in [3.8, 4) is 5.69 Å². The number of fused-ring (bicyclic) bond motifs is 1. The molecule has 0 atom stereocenters. The molecule has 1 aromatic carbocycles. The zero-order chi connectivity index (χ0) is 17.1. The van der Waals surface area contributed by atoms with E-state index in [1.807, 2.05) is 35.2 Å². The molecule has 128 valence electrons. The van der Waals surface area contributed by atoms with E-state index in [0.717, 1.165) is 5.69 Å². The minimum absolute atomic E-state index is 0.0792. The van der Waals surface area contributed by atoms with Crippen molar-refractivity contribution < 1.29 is 9.53 Å². The molecular weight excluding hydrogens is 340 g/mol. The highest BCUT2D eigenvalue weighted by molar-refractivity contribution is 8.00. The van der Waals surface area contributed by atoms with Crippen molar-refractivity contribution in [1.29, 1.82) is 0 Å². The molecule has 1 aliphatic rings. The molecule has 0 radical (unpaired) electrons. The van der Waals surface area contributed by atoms with Gasteiger partial charge in [-0.25, -0.2) is 9.97 Å². The van der Waals surface area contributed by atoms with Crippen LogP contribution >= 0.6 is 11.8 Å². The van der Waals surface area contributed by atoms with Crippen molar-refractivity contribution in [3.63, 3.8) is 0 Å². The summed E-state index contributed by atoms with van der Waals surface area (Å²) in [7, 11) is 0. The maximum Gasteiger partial charge on any atom is 0.233 e. The molecule has 1 aliphatic heterocycles. The Bertz CT molecular complexity index is 879. The van der Waals surface area contributed by atoms with Crippen LogP contribution in [0.5, 0.6) is 0 Å². The highest BCUT2D eigenvalue weighted by Crippen LogP contribution is 2.24. The Labute approximate surface area is 148 Å². The second kappa shape index (κ2) is 7.16. The molecule has 1 fully saturated rings. The maximum absolute atomic E-state index is 12.3. The number of thioether (sulfide) groups is 1. The van der Waals surface area contributed by atoms with Crippen molar-refractivity contribution in [2.75, 3.05) is 32.1 Å². The highest BCUT2D eigenvalue weighted by atomic mass is 32.2. The Hall–Kier alpha value is -2.52. The molecule has 0 saturated carbocycles. The Morgan fingerprint density at radius 1 is 1.16 bits per heavy atom. The standard InChI is InChI=1S/C16H16N6O2S/c23-13(21-6-8-24-9-7-21)10-25-16-14-15(17-11-18-16)22(20-19-14)12-4-2-1-3-5-12/h1-5,11H,6-10H2. The molecule has 0 bridgehead atoms. The molecule has 0 N–H and O–H groups in total. The number of rotatable bonds is 4. The number of ether oxygens (including phenoxy) is 1. The third kappa shape index (κ3) is 3.33. The van der Waals surface area contributed by atoms with Gasteiger partial charge in [0.1, 0.15) is 11.4 Å². The van der Waals surface area contributed by atoms with E-state index in [4.69, 9.17) is 4.74 Å². The normalized spacial score (nSPS) is 14.8. The predicted molar refractivity (Wildman–Crippen MR) is 92.6 cm³/mol. The zero-order valence-electron chi connectivity index (χ0n) is 13.4. The molecule has 3 heterocycles. The zero-order valence-corrected chi connectivity index (χ0v) is 14.2. The van der Waals surface area contributed by atoms with E-state index >= 15 is 0 Å². The number of nitrogens with zero attached hydrogens (tertiary/aromatic N) is 6. The van der Waals surface area contributed by atoms with Gasteiger partial charge in [0.05, 0.1) is 24.7 Å². The van der Waals surface area contributed by atoms with Crippen LogP contribution in [-0.2, 0) is 9.53 Å². The van der Waals surface area contributed by atoms with Gasteiger partial charge in [-0.1, -0.05) is 35.2 Å². The molecule has 25 heavy (non-hydrogen) atoms. The molecule has 1 amide bonds. The van der Waals surface area contributed by atoms with Crippen molar-refractivity contribution in [2.24, 2.45) is 0 Å². The van der Waals surface area contributed by atoms with E-state index in [-0.39, 0.29) is 5.91 Å². The average Bonchev–Trinajstić information content (AvgIpc) is 3.12. The number of carbonyl (C=O) groups excluding carboxylic acids is 1. The third-order valence-electron chi connectivity index (χ3n) is 3.90. The summed E-state index contributed by atoms with van der Waals surface area (Å²) in [5, 5.41) is 9.05. The number of para-hydroxylation sites is 1. The number of hydrogen-bond acceptors (Lipinski definition) is 7. The van der Waals surface area contributed by atoms with Gasteiger partial charge in [-0.05, 0) is 12.1 Å². The molecule has 2 aromatic heterocycles. The van der Waals surface area contributed by atoms with Gasteiger partial charge in [-0.2, -0.15) is 4.68 Å². The Morgan fingerprint density at radius 3 is 2.76 bits per heavy atom. The lowest BCUT2D eigenvalue weighted by Crippen LogP contribution is -2.41. The SMILES string of the molecule is O=C(CSc1ncnc2c1nnn2-c1ccccc1)N1CCOCC1. The summed E-state index contributed by atoms with van der Waals surface area (Å²) in [6, 6.07) is 9.67. The first-order chi connectivity index (χ1) is 12.3. The summed E-state index contributed by atoms with van der Waals surface area (Å²) < 4.78 is 6.94. The largest absolute Gasteiger partial charge is 0.378 e. The van der Waals surface area contributed by atoms with E-state index in [0.29, 0.717) is 48.2 Å². The predicted octanol–water partition coefficient (Wildman–Crippen LogP) is 1.16. The van der Waals surface area contributed by atoms with Gasteiger partial charge in [0.15, 0.2) is 11.2 Å². The number of benzene rings is 1. The highest BCUT2D eigenvalue weighted by Gasteiger charge is 2.19. The van der Waals surface area contributed by atoms with Crippen LogP contribution in [-0.4, -0.2) is 67.8 Å². The maximum atomic E-state index is 12.3. The van der Waals surface area contributed by atoms with Crippen molar-refractivity contribution >= 4 is 28.8 Å². The fraction of sp³-hybridized carbons (Fsp3) is 0.312. The first-order valence-electron chi connectivity index (χ1n) is 7.93. The lowest BCUT2D eigenvalue weighted by atomic mass is 10.3. The molecule has 8 nitrogen and oxygen atoms in total. The van der Waals surface area contributed by atoms with Crippen LogP contribution < -0.4 is 0 Å². The Morgan fingerprint density at radius 2 is 1.96 bits per heavy atom. The van der Waals surface area contributed by atoms with Gasteiger partial charge in [0.2, 0.25) is 5.91 Å². The second-order valence-electron chi connectivity index (χ2n) is 5.47. The van der Waals surface area contributed by atoms with Crippen LogP contribution in [0.15, 0.2) is 41.7 Å². The van der Waals surface area contributed by atoms with Gasteiger partial charge in [0, 0.05) is 13.1 Å². The van der Waals surface area contributed by atoms with E-state index in [2.05, 4.69) is 20.3 Å². The molecule has 1 saturated heterocycles. The molecule has 3 aromatic rings. The van der Waals surface area contributed by atoms with E-state index in [1.54, 1.807) is 4.68 Å². The second-order valence-corrected chi connectivity index (χ2v) is 6.43. The summed E-state index contributed by atoms with van der Waals surface area (Å²) in [5.41, 5.74) is 2.11. The number of hydrogen-bond donors (Lipinski definition) is 0. The van der Waals surface area contributed by atoms with Crippen molar-refractivity contribution in [2.45, 2.75) is 5.03 Å². The summed E-state index contributed by atoms with van der Waals surface area (Å²) >= 11 is 1.36. The molecular formula is C16H16N6O2S. The van der Waals surface area contributed by atoms with Crippen LogP contribution in [0.3, 0.4) is 0 Å². The van der Waals surface area contributed by atoms with E-state index in [1.165, 1.54) is 18.1 Å². The molecule has 0 aliphatic carbocycles. The van der Waals surface area contributed by atoms with Gasteiger partial charge in [-0.3, -0.25) is 4.79 Å². The average molecular weight is 356 g/mol. The van der Waals surface area contributed by atoms with E-state index in [9.17, 15) is 4.79 Å². The van der Waals surface area contributed by atoms with Crippen molar-refractivity contribution in [3.05, 3.63) is 36.7 Å². The number of carbonyl (C=O) groups is 1. The molecule has 9 heteroatoms. The number of morpholine rings is 1. The monoisotopic (exact) mass is 356 g/mol. The Kier molecular flexibility index (Phi) is 4.57. The quantitative estimate of drug-likeness (QED) is 0.512. The van der Waals surface area contributed by atoms with Gasteiger partial charge < -0.3 is 9.64 Å². The van der Waals surface area contributed by atoms with Crippen LogP contribution in [0.4, 0.5) is 0 Å². The first kappa shape index (κ1) is 16.0. The lowest BCUT2D eigenvalue weighted by molar-refractivity contribution is -0.132. The topological polar surface area (TPSA) is 86.0 Å². The van der Waals surface area contributed by atoms with Gasteiger partial charge in [-0.15, -0.1) is 5.10 Å².